The first-order chi connectivity index (χ1) is 11.1. The van der Waals surface area contributed by atoms with E-state index in [4.69, 9.17) is 4.74 Å². The molecule has 2 rings (SSSR count). The molecule has 0 fully saturated rings. The molecule has 0 amide bonds. The van der Waals surface area contributed by atoms with E-state index in [2.05, 4.69) is 42.2 Å². The number of aryl methyl sites for hydroxylation is 1. The number of rotatable bonds is 7. The van der Waals surface area contributed by atoms with E-state index < -0.39 is 0 Å². The van der Waals surface area contributed by atoms with Crippen molar-refractivity contribution in [1.82, 2.24) is 25.0 Å². The molecule has 2 aromatic heterocycles. The Balaban J connectivity index is 2.05. The summed E-state index contributed by atoms with van der Waals surface area (Å²) in [5.41, 5.74) is 1.27. The minimum absolute atomic E-state index is 0.487. The molecule has 23 heavy (non-hydrogen) atoms. The Labute approximate surface area is 141 Å². The lowest BCUT2D eigenvalue weighted by atomic mass is 10.3. The third kappa shape index (κ3) is 5.04. The summed E-state index contributed by atoms with van der Waals surface area (Å²) in [7, 11) is 5.67. The van der Waals surface area contributed by atoms with Crippen LogP contribution in [0.25, 0.3) is 0 Å². The summed E-state index contributed by atoms with van der Waals surface area (Å²) >= 11 is 1.70. The van der Waals surface area contributed by atoms with Crippen molar-refractivity contribution >= 4 is 17.3 Å². The van der Waals surface area contributed by atoms with Gasteiger partial charge < -0.3 is 19.5 Å². The largest absolute Gasteiger partial charge is 0.383 e. The molecule has 0 saturated heterocycles. The number of aliphatic imine (C=N–C) groups is 1. The van der Waals surface area contributed by atoms with Crippen molar-refractivity contribution < 1.29 is 4.74 Å². The number of hydrogen-bond acceptors (Lipinski definition) is 5. The Bertz CT molecular complexity index is 622. The molecule has 0 aliphatic carbocycles. The molecular weight excluding hydrogens is 312 g/mol. The van der Waals surface area contributed by atoms with E-state index in [1.807, 2.05) is 25.6 Å². The summed E-state index contributed by atoms with van der Waals surface area (Å²) in [6.07, 6.45) is 0. The molecule has 126 valence electrons. The van der Waals surface area contributed by atoms with E-state index in [1.165, 1.54) is 5.56 Å². The van der Waals surface area contributed by atoms with Crippen molar-refractivity contribution in [2.24, 2.45) is 12.0 Å². The Morgan fingerprint density at radius 2 is 2.30 bits per heavy atom. The van der Waals surface area contributed by atoms with Crippen molar-refractivity contribution in [1.29, 1.82) is 0 Å². The zero-order valence-electron chi connectivity index (χ0n) is 14.1. The molecule has 0 aromatic carbocycles. The lowest BCUT2D eigenvalue weighted by Gasteiger charge is -2.22. The number of hydrogen-bond donors (Lipinski definition) is 1. The van der Waals surface area contributed by atoms with Gasteiger partial charge >= 0.3 is 0 Å². The van der Waals surface area contributed by atoms with Gasteiger partial charge in [0.05, 0.1) is 6.61 Å². The van der Waals surface area contributed by atoms with E-state index in [0.717, 1.165) is 24.2 Å². The van der Waals surface area contributed by atoms with Crippen LogP contribution in [0.4, 0.5) is 0 Å². The summed E-state index contributed by atoms with van der Waals surface area (Å²) in [5.74, 6) is 2.56. The Morgan fingerprint density at radius 3 is 2.91 bits per heavy atom. The molecule has 2 aromatic rings. The standard InChI is InChI=1S/C15H24N6OS/c1-12-18-19-14(21(12)3)9-17-15(16-6-7-22-4)20(2)10-13-5-8-23-11-13/h5,8,11H,6-7,9-10H2,1-4H3,(H,16,17). The van der Waals surface area contributed by atoms with Gasteiger partial charge in [-0.3, -0.25) is 0 Å². The molecule has 0 aliphatic rings. The number of guanidine groups is 1. The second kappa shape index (κ2) is 8.64. The monoisotopic (exact) mass is 336 g/mol. The molecule has 8 heteroatoms. The number of thiophene rings is 1. The predicted octanol–water partition coefficient (Wildman–Crippen LogP) is 1.41. The number of methoxy groups -OCH3 is 1. The fourth-order valence-corrected chi connectivity index (χ4v) is 2.70. The van der Waals surface area contributed by atoms with Gasteiger partial charge in [0, 0.05) is 34.3 Å². The smallest absolute Gasteiger partial charge is 0.194 e. The summed E-state index contributed by atoms with van der Waals surface area (Å²) in [4.78, 5) is 6.77. The van der Waals surface area contributed by atoms with Crippen LogP contribution in [0.2, 0.25) is 0 Å². The van der Waals surface area contributed by atoms with Crippen LogP contribution in [0.1, 0.15) is 17.2 Å². The van der Waals surface area contributed by atoms with Crippen LogP contribution in [0.15, 0.2) is 21.8 Å². The molecule has 0 aliphatic heterocycles. The topological polar surface area (TPSA) is 67.6 Å². The first kappa shape index (κ1) is 17.4. The molecule has 0 atom stereocenters. The van der Waals surface area contributed by atoms with Crippen molar-refractivity contribution in [2.75, 3.05) is 27.3 Å². The number of aromatic nitrogens is 3. The van der Waals surface area contributed by atoms with Gasteiger partial charge in [-0.1, -0.05) is 0 Å². The average molecular weight is 336 g/mol. The van der Waals surface area contributed by atoms with Gasteiger partial charge in [0.1, 0.15) is 12.4 Å². The van der Waals surface area contributed by atoms with Gasteiger partial charge in [-0.25, -0.2) is 4.99 Å². The van der Waals surface area contributed by atoms with Gasteiger partial charge in [-0.05, 0) is 29.3 Å². The fraction of sp³-hybridized carbons (Fsp3) is 0.533. The van der Waals surface area contributed by atoms with E-state index in [9.17, 15) is 0 Å². The summed E-state index contributed by atoms with van der Waals surface area (Å²) < 4.78 is 7.06. The van der Waals surface area contributed by atoms with Crippen molar-refractivity contribution in [3.05, 3.63) is 34.0 Å². The molecule has 1 N–H and O–H groups in total. The molecule has 0 spiro atoms. The van der Waals surface area contributed by atoms with Crippen LogP contribution in [0, 0.1) is 6.92 Å². The molecule has 7 nitrogen and oxygen atoms in total. The van der Waals surface area contributed by atoms with Crippen LogP contribution < -0.4 is 5.32 Å². The maximum atomic E-state index is 5.10. The van der Waals surface area contributed by atoms with Gasteiger partial charge in [-0.15, -0.1) is 10.2 Å². The molecule has 2 heterocycles. The number of ether oxygens (including phenoxy) is 1. The van der Waals surface area contributed by atoms with Crippen LogP contribution in [0.5, 0.6) is 0 Å². The zero-order valence-corrected chi connectivity index (χ0v) is 14.9. The Hall–Kier alpha value is -1.93. The number of nitrogens with zero attached hydrogens (tertiary/aromatic N) is 5. The molecule has 0 bridgehead atoms. The maximum Gasteiger partial charge on any atom is 0.194 e. The number of nitrogens with one attached hydrogen (secondary N) is 1. The minimum atomic E-state index is 0.487. The Morgan fingerprint density at radius 1 is 1.48 bits per heavy atom. The minimum Gasteiger partial charge on any atom is -0.383 e. The van der Waals surface area contributed by atoms with E-state index in [0.29, 0.717) is 19.7 Å². The molecule has 0 unspecified atom stereocenters. The van der Waals surface area contributed by atoms with Crippen LogP contribution in [-0.4, -0.2) is 52.9 Å². The first-order valence-electron chi connectivity index (χ1n) is 7.46. The fourth-order valence-electron chi connectivity index (χ4n) is 2.04. The third-order valence-corrected chi connectivity index (χ3v) is 4.24. The highest BCUT2D eigenvalue weighted by Crippen LogP contribution is 2.09. The quantitative estimate of drug-likeness (QED) is 0.470. The van der Waals surface area contributed by atoms with Gasteiger partial charge in [0.2, 0.25) is 0 Å². The molecule has 0 radical (unpaired) electrons. The predicted molar refractivity (Wildman–Crippen MR) is 92.5 cm³/mol. The van der Waals surface area contributed by atoms with E-state index in [-0.39, 0.29) is 0 Å². The lowest BCUT2D eigenvalue weighted by molar-refractivity contribution is 0.203. The SMILES string of the molecule is COCCNC(=NCc1nnc(C)n1C)N(C)Cc1ccsc1. The van der Waals surface area contributed by atoms with Crippen LogP contribution in [0.3, 0.4) is 0 Å². The second-order valence-corrected chi connectivity index (χ2v) is 6.05. The highest BCUT2D eigenvalue weighted by molar-refractivity contribution is 7.07. The second-order valence-electron chi connectivity index (χ2n) is 5.27. The van der Waals surface area contributed by atoms with E-state index >= 15 is 0 Å². The lowest BCUT2D eigenvalue weighted by Crippen LogP contribution is -2.40. The maximum absolute atomic E-state index is 5.10. The highest BCUT2D eigenvalue weighted by atomic mass is 32.1. The summed E-state index contributed by atoms with van der Waals surface area (Å²) in [5, 5.41) is 15.8. The first-order valence-corrected chi connectivity index (χ1v) is 8.40. The van der Waals surface area contributed by atoms with Gasteiger partial charge in [0.15, 0.2) is 11.8 Å². The Kier molecular flexibility index (Phi) is 6.54. The highest BCUT2D eigenvalue weighted by Gasteiger charge is 2.09. The zero-order chi connectivity index (χ0) is 16.7. The van der Waals surface area contributed by atoms with Crippen LogP contribution in [-0.2, 0) is 24.9 Å². The van der Waals surface area contributed by atoms with Gasteiger partial charge in [-0.2, -0.15) is 11.3 Å². The summed E-state index contributed by atoms with van der Waals surface area (Å²) in [6.45, 7) is 4.57. The summed E-state index contributed by atoms with van der Waals surface area (Å²) in [6, 6.07) is 2.12. The van der Waals surface area contributed by atoms with Crippen molar-refractivity contribution in [2.45, 2.75) is 20.0 Å². The van der Waals surface area contributed by atoms with Crippen molar-refractivity contribution in [3.8, 4) is 0 Å². The van der Waals surface area contributed by atoms with Crippen LogP contribution >= 0.6 is 11.3 Å². The van der Waals surface area contributed by atoms with Crippen molar-refractivity contribution in [3.63, 3.8) is 0 Å². The van der Waals surface area contributed by atoms with Gasteiger partial charge in [0.25, 0.3) is 0 Å². The average Bonchev–Trinajstić information content (AvgIpc) is 3.15. The van der Waals surface area contributed by atoms with E-state index in [1.54, 1.807) is 18.4 Å². The molecular formula is C15H24N6OS. The molecule has 0 saturated carbocycles. The third-order valence-electron chi connectivity index (χ3n) is 3.50. The normalized spacial score (nSPS) is 11.7.